The van der Waals surface area contributed by atoms with E-state index in [9.17, 15) is 8.42 Å². The zero-order chi connectivity index (χ0) is 15.7. The number of piperidine rings is 1. The van der Waals surface area contributed by atoms with Crippen LogP contribution in [0.2, 0.25) is 0 Å². The normalized spacial score (nSPS) is 27.4. The van der Waals surface area contributed by atoms with E-state index in [-0.39, 0.29) is 0 Å². The van der Waals surface area contributed by atoms with Crippen molar-refractivity contribution in [3.8, 4) is 0 Å². The minimum absolute atomic E-state index is 0.370. The molecule has 0 aromatic carbocycles. The maximum absolute atomic E-state index is 12.9. The van der Waals surface area contributed by atoms with E-state index >= 15 is 0 Å². The van der Waals surface area contributed by atoms with Crippen LogP contribution in [-0.4, -0.2) is 48.2 Å². The van der Waals surface area contributed by atoms with Crippen molar-refractivity contribution in [2.24, 2.45) is 5.92 Å². The molecule has 2 fully saturated rings. The van der Waals surface area contributed by atoms with Crippen molar-refractivity contribution in [3.05, 3.63) is 11.9 Å². The Kier molecular flexibility index (Phi) is 4.56. The van der Waals surface area contributed by atoms with Gasteiger partial charge in [-0.1, -0.05) is 6.42 Å². The van der Waals surface area contributed by atoms with Gasteiger partial charge in [0.2, 0.25) is 10.0 Å². The van der Waals surface area contributed by atoms with E-state index in [1.54, 1.807) is 8.99 Å². The van der Waals surface area contributed by atoms with Crippen LogP contribution in [-0.2, 0) is 16.6 Å². The topological polar surface area (TPSA) is 67.2 Å². The number of aromatic nitrogens is 2. The van der Waals surface area contributed by atoms with Crippen molar-refractivity contribution < 1.29 is 8.42 Å². The lowest BCUT2D eigenvalue weighted by atomic mass is 9.90. The molecule has 1 aromatic rings. The Balaban J connectivity index is 1.82. The molecule has 0 aliphatic carbocycles. The molecule has 0 radical (unpaired) electrons. The molecule has 6 nitrogen and oxygen atoms in total. The molecule has 0 bridgehead atoms. The summed E-state index contributed by atoms with van der Waals surface area (Å²) in [5.74, 6) is 0.438. The van der Waals surface area contributed by atoms with Gasteiger partial charge in [0.15, 0.2) is 0 Å². The Hall–Kier alpha value is -0.920. The zero-order valence-electron chi connectivity index (χ0n) is 13.5. The predicted octanol–water partition coefficient (Wildman–Crippen LogP) is 1.36. The lowest BCUT2D eigenvalue weighted by Crippen LogP contribution is -2.50. The number of sulfonamides is 1. The monoisotopic (exact) mass is 326 g/mol. The van der Waals surface area contributed by atoms with Crippen LogP contribution in [0.4, 0.5) is 0 Å². The quantitative estimate of drug-likeness (QED) is 0.911. The fourth-order valence-electron chi connectivity index (χ4n) is 3.74. The molecule has 124 valence electrons. The Morgan fingerprint density at radius 2 is 2.18 bits per heavy atom. The maximum Gasteiger partial charge on any atom is 0.246 e. The molecule has 1 aromatic heterocycles. The molecular weight excluding hydrogens is 300 g/mol. The number of hydrogen-bond acceptors (Lipinski definition) is 4. The van der Waals surface area contributed by atoms with Crippen molar-refractivity contribution >= 4 is 10.0 Å². The first kappa shape index (κ1) is 16.0. The second kappa shape index (κ2) is 6.29. The third kappa shape index (κ3) is 2.81. The van der Waals surface area contributed by atoms with Crippen LogP contribution < -0.4 is 5.32 Å². The molecule has 0 amide bonds. The number of aryl methyl sites for hydroxylation is 1. The van der Waals surface area contributed by atoms with Gasteiger partial charge in [-0.25, -0.2) is 8.42 Å². The van der Waals surface area contributed by atoms with Crippen molar-refractivity contribution in [2.75, 3.05) is 19.6 Å². The summed E-state index contributed by atoms with van der Waals surface area (Å²) in [6.07, 6.45) is 5.92. The molecule has 2 aliphatic heterocycles. The molecule has 7 heteroatoms. The summed E-state index contributed by atoms with van der Waals surface area (Å²) in [6, 6.07) is 0.480. The number of hydrogen-bond donors (Lipinski definition) is 1. The summed E-state index contributed by atoms with van der Waals surface area (Å²) in [5.41, 5.74) is 0.739. The molecule has 2 aliphatic rings. The number of rotatable bonds is 3. The van der Waals surface area contributed by atoms with E-state index < -0.39 is 10.0 Å². The highest BCUT2D eigenvalue weighted by atomic mass is 32.2. The number of nitrogens with zero attached hydrogens (tertiary/aromatic N) is 3. The van der Waals surface area contributed by atoms with Crippen molar-refractivity contribution in [1.29, 1.82) is 0 Å². The van der Waals surface area contributed by atoms with Gasteiger partial charge in [-0.15, -0.1) is 0 Å². The highest BCUT2D eigenvalue weighted by Crippen LogP contribution is 2.29. The van der Waals surface area contributed by atoms with Crippen LogP contribution in [0.5, 0.6) is 0 Å². The minimum atomic E-state index is -3.42. The van der Waals surface area contributed by atoms with Gasteiger partial charge in [-0.2, -0.15) is 9.40 Å². The van der Waals surface area contributed by atoms with Crippen LogP contribution in [0, 0.1) is 12.8 Å². The average molecular weight is 326 g/mol. The average Bonchev–Trinajstić information content (AvgIpc) is 2.74. The van der Waals surface area contributed by atoms with Gasteiger partial charge in [0.1, 0.15) is 4.90 Å². The van der Waals surface area contributed by atoms with E-state index in [4.69, 9.17) is 0 Å². The zero-order valence-corrected chi connectivity index (χ0v) is 14.3. The van der Waals surface area contributed by atoms with Crippen LogP contribution in [0.1, 0.15) is 38.3 Å². The van der Waals surface area contributed by atoms with Crippen molar-refractivity contribution in [2.45, 2.75) is 57.0 Å². The fraction of sp³-hybridized carbons (Fsp3) is 0.800. The lowest BCUT2D eigenvalue weighted by molar-refractivity contribution is 0.209. The summed E-state index contributed by atoms with van der Waals surface area (Å²) in [6.45, 7) is 6.80. The Morgan fingerprint density at radius 3 is 2.91 bits per heavy atom. The summed E-state index contributed by atoms with van der Waals surface area (Å²) in [7, 11) is -3.42. The van der Waals surface area contributed by atoms with Gasteiger partial charge in [0.05, 0.1) is 11.9 Å². The first-order valence-electron chi connectivity index (χ1n) is 8.30. The molecule has 22 heavy (non-hydrogen) atoms. The molecule has 2 atom stereocenters. The molecule has 3 heterocycles. The molecule has 0 unspecified atom stereocenters. The van der Waals surface area contributed by atoms with Gasteiger partial charge in [0, 0.05) is 25.7 Å². The Bertz CT molecular complexity index is 625. The highest BCUT2D eigenvalue weighted by Gasteiger charge is 2.37. The predicted molar refractivity (Wildman–Crippen MR) is 85.1 cm³/mol. The second-order valence-corrected chi connectivity index (χ2v) is 8.28. The summed E-state index contributed by atoms with van der Waals surface area (Å²) >= 11 is 0. The van der Waals surface area contributed by atoms with Crippen molar-refractivity contribution in [3.63, 3.8) is 0 Å². The van der Waals surface area contributed by atoms with Gasteiger partial charge in [0.25, 0.3) is 0 Å². The third-order valence-electron chi connectivity index (χ3n) is 5.08. The largest absolute Gasteiger partial charge is 0.314 e. The highest BCUT2D eigenvalue weighted by molar-refractivity contribution is 7.89. The summed E-state index contributed by atoms with van der Waals surface area (Å²) < 4.78 is 29.3. The van der Waals surface area contributed by atoms with E-state index in [0.29, 0.717) is 36.5 Å². The Labute approximate surface area is 132 Å². The fourth-order valence-corrected chi connectivity index (χ4v) is 5.41. The Morgan fingerprint density at radius 1 is 1.36 bits per heavy atom. The lowest BCUT2D eigenvalue weighted by Gasteiger charge is -2.37. The van der Waals surface area contributed by atoms with Crippen LogP contribution in [0.15, 0.2) is 11.1 Å². The summed E-state index contributed by atoms with van der Waals surface area (Å²) in [4.78, 5) is 0.370. The first-order chi connectivity index (χ1) is 10.5. The first-order valence-corrected chi connectivity index (χ1v) is 9.74. The van der Waals surface area contributed by atoms with Crippen LogP contribution in [0.25, 0.3) is 0 Å². The van der Waals surface area contributed by atoms with Gasteiger partial charge >= 0.3 is 0 Å². The van der Waals surface area contributed by atoms with E-state index in [1.165, 1.54) is 19.0 Å². The van der Waals surface area contributed by atoms with E-state index in [2.05, 4.69) is 10.4 Å². The standard InChI is InChI=1S/C15H26N4O2S/c1-3-19-12(2)15(10-17-19)22(20,21)18-9-7-14-13(11-18)6-4-5-8-16-14/h10,13-14,16H,3-9,11H2,1-2H3/t13-,14-/m1/s1. The van der Waals surface area contributed by atoms with Gasteiger partial charge < -0.3 is 5.32 Å². The van der Waals surface area contributed by atoms with E-state index in [1.807, 2.05) is 13.8 Å². The molecule has 2 saturated heterocycles. The smallest absolute Gasteiger partial charge is 0.246 e. The molecule has 3 rings (SSSR count). The molecular formula is C15H26N4O2S. The van der Waals surface area contributed by atoms with Gasteiger partial charge in [-0.05, 0) is 45.6 Å². The van der Waals surface area contributed by atoms with Gasteiger partial charge in [-0.3, -0.25) is 4.68 Å². The SMILES string of the molecule is CCn1ncc(S(=O)(=O)N2CC[C@H]3NCCCC[C@@H]3C2)c1C. The van der Waals surface area contributed by atoms with Crippen molar-refractivity contribution in [1.82, 2.24) is 19.4 Å². The maximum atomic E-state index is 12.9. The van der Waals surface area contributed by atoms with E-state index in [0.717, 1.165) is 25.1 Å². The number of nitrogens with one attached hydrogen (secondary N) is 1. The number of fused-ring (bicyclic) bond motifs is 1. The third-order valence-corrected chi connectivity index (χ3v) is 7.05. The molecule has 1 N–H and O–H groups in total. The molecule has 0 saturated carbocycles. The second-order valence-electron chi connectivity index (χ2n) is 6.38. The van der Waals surface area contributed by atoms with Crippen LogP contribution >= 0.6 is 0 Å². The molecule has 0 spiro atoms. The summed E-state index contributed by atoms with van der Waals surface area (Å²) in [5, 5.41) is 7.77. The minimum Gasteiger partial charge on any atom is -0.314 e. The van der Waals surface area contributed by atoms with Crippen LogP contribution in [0.3, 0.4) is 0 Å².